The third-order valence-corrected chi connectivity index (χ3v) is 6.23. The van der Waals surface area contributed by atoms with Gasteiger partial charge in [0.1, 0.15) is 6.07 Å². The highest BCUT2D eigenvalue weighted by Gasteiger charge is 2.18. The summed E-state index contributed by atoms with van der Waals surface area (Å²) < 4.78 is 1.69. The molecule has 1 aliphatic rings. The highest BCUT2D eigenvalue weighted by Crippen LogP contribution is 2.34. The van der Waals surface area contributed by atoms with Gasteiger partial charge < -0.3 is 11.5 Å². The second-order valence-corrected chi connectivity index (χ2v) is 8.33. The SMILES string of the molecule is C=C1CCc2c1ccc(CCN(CCN)Cc1cnn(-c3cc(N)c(C#N)cn3)c1)c2C. The van der Waals surface area contributed by atoms with Crippen molar-refractivity contribution in [2.24, 2.45) is 5.73 Å². The maximum atomic E-state index is 9.03. The van der Waals surface area contributed by atoms with E-state index < -0.39 is 0 Å². The molecular weight excluding hydrogens is 398 g/mol. The predicted molar refractivity (Wildman–Crippen MR) is 127 cm³/mol. The van der Waals surface area contributed by atoms with E-state index in [-0.39, 0.29) is 0 Å². The standard InChI is InChI=1S/C25H29N7/c1-17-3-5-23-18(2)20(4-6-22(17)23)7-9-31(10-8-26)15-19-13-30-32(16-19)25-11-24(28)21(12-27)14-29-25/h4,6,11,13-14,16H,1,3,5,7-10,15,26H2,2H3,(H2,28,29). The van der Waals surface area contributed by atoms with Gasteiger partial charge in [-0.15, -0.1) is 0 Å². The molecule has 0 saturated carbocycles. The fourth-order valence-corrected chi connectivity index (χ4v) is 4.37. The molecule has 32 heavy (non-hydrogen) atoms. The van der Waals surface area contributed by atoms with Crippen LogP contribution in [0.1, 0.15) is 39.8 Å². The van der Waals surface area contributed by atoms with Crippen molar-refractivity contribution < 1.29 is 0 Å². The van der Waals surface area contributed by atoms with Gasteiger partial charge in [-0.3, -0.25) is 4.90 Å². The van der Waals surface area contributed by atoms with Crippen LogP contribution < -0.4 is 11.5 Å². The number of pyridine rings is 1. The summed E-state index contributed by atoms with van der Waals surface area (Å²) in [6.45, 7) is 9.52. The van der Waals surface area contributed by atoms with Gasteiger partial charge in [0.05, 0.1) is 17.4 Å². The van der Waals surface area contributed by atoms with E-state index in [4.69, 9.17) is 16.7 Å². The van der Waals surface area contributed by atoms with Crippen molar-refractivity contribution in [1.29, 1.82) is 5.26 Å². The van der Waals surface area contributed by atoms with E-state index in [1.165, 1.54) is 34.0 Å². The summed E-state index contributed by atoms with van der Waals surface area (Å²) in [7, 11) is 0. The van der Waals surface area contributed by atoms with Crippen LogP contribution in [0.4, 0.5) is 5.69 Å². The Morgan fingerprint density at radius 1 is 1.25 bits per heavy atom. The van der Waals surface area contributed by atoms with Crippen molar-refractivity contribution in [1.82, 2.24) is 19.7 Å². The monoisotopic (exact) mass is 427 g/mol. The third-order valence-electron chi connectivity index (χ3n) is 6.23. The first-order valence-electron chi connectivity index (χ1n) is 10.9. The van der Waals surface area contributed by atoms with Gasteiger partial charge in [0.2, 0.25) is 0 Å². The molecule has 0 amide bonds. The minimum Gasteiger partial charge on any atom is -0.398 e. The van der Waals surface area contributed by atoms with E-state index in [1.54, 1.807) is 10.7 Å². The second kappa shape index (κ2) is 9.35. The molecule has 7 heteroatoms. The quantitative estimate of drug-likeness (QED) is 0.572. The van der Waals surface area contributed by atoms with Crippen LogP contribution in [0.5, 0.6) is 0 Å². The van der Waals surface area contributed by atoms with Gasteiger partial charge in [-0.1, -0.05) is 18.7 Å². The summed E-state index contributed by atoms with van der Waals surface area (Å²) in [5, 5.41) is 13.5. The normalized spacial score (nSPS) is 12.9. The smallest absolute Gasteiger partial charge is 0.155 e. The summed E-state index contributed by atoms with van der Waals surface area (Å²) >= 11 is 0. The van der Waals surface area contributed by atoms with Gasteiger partial charge in [0.15, 0.2) is 5.82 Å². The lowest BCUT2D eigenvalue weighted by Crippen LogP contribution is -2.31. The fraction of sp³-hybridized carbons (Fsp3) is 0.320. The van der Waals surface area contributed by atoms with Gasteiger partial charge >= 0.3 is 0 Å². The minimum absolute atomic E-state index is 0.362. The second-order valence-electron chi connectivity index (χ2n) is 8.33. The van der Waals surface area contributed by atoms with E-state index in [2.05, 4.69) is 40.6 Å². The van der Waals surface area contributed by atoms with E-state index in [1.807, 2.05) is 18.5 Å². The summed E-state index contributed by atoms with van der Waals surface area (Å²) in [5.41, 5.74) is 20.5. The molecule has 1 aliphatic carbocycles. The minimum atomic E-state index is 0.362. The lowest BCUT2D eigenvalue weighted by atomic mass is 9.96. The number of hydrogen-bond acceptors (Lipinski definition) is 6. The lowest BCUT2D eigenvalue weighted by molar-refractivity contribution is 0.276. The first-order valence-corrected chi connectivity index (χ1v) is 10.9. The Balaban J connectivity index is 1.44. The van der Waals surface area contributed by atoms with Crippen molar-refractivity contribution in [3.05, 3.63) is 76.7 Å². The Bertz CT molecular complexity index is 1190. The van der Waals surface area contributed by atoms with Crippen molar-refractivity contribution in [3.8, 4) is 11.9 Å². The molecule has 1 aromatic carbocycles. The van der Waals surface area contributed by atoms with Crippen molar-refractivity contribution in [2.75, 3.05) is 25.4 Å². The van der Waals surface area contributed by atoms with Crippen LogP contribution in [-0.2, 0) is 19.4 Å². The highest BCUT2D eigenvalue weighted by molar-refractivity contribution is 5.72. The van der Waals surface area contributed by atoms with E-state index >= 15 is 0 Å². The van der Waals surface area contributed by atoms with E-state index in [9.17, 15) is 0 Å². The van der Waals surface area contributed by atoms with Crippen LogP contribution in [0.3, 0.4) is 0 Å². The Kier molecular flexibility index (Phi) is 6.35. The zero-order chi connectivity index (χ0) is 22.7. The number of benzene rings is 1. The van der Waals surface area contributed by atoms with Crippen LogP contribution in [0, 0.1) is 18.3 Å². The molecule has 0 radical (unpaired) electrons. The lowest BCUT2D eigenvalue weighted by Gasteiger charge is -2.22. The van der Waals surface area contributed by atoms with Crippen LogP contribution >= 0.6 is 0 Å². The molecule has 3 aromatic rings. The Hall–Kier alpha value is -3.47. The number of nitrogens with two attached hydrogens (primary N) is 2. The molecular formula is C25H29N7. The summed E-state index contributed by atoms with van der Waals surface area (Å²) in [6, 6.07) is 8.18. The number of allylic oxidation sites excluding steroid dienone is 1. The average molecular weight is 428 g/mol. The largest absolute Gasteiger partial charge is 0.398 e. The third kappa shape index (κ3) is 4.42. The molecule has 2 aromatic heterocycles. The first-order chi connectivity index (χ1) is 15.5. The molecule has 0 fully saturated rings. The number of nitrogens with zero attached hydrogens (tertiary/aromatic N) is 5. The number of fused-ring (bicyclic) bond motifs is 1. The van der Waals surface area contributed by atoms with Crippen LogP contribution in [0.15, 0.2) is 43.4 Å². The maximum Gasteiger partial charge on any atom is 0.155 e. The summed E-state index contributed by atoms with van der Waals surface area (Å²) in [5.74, 6) is 0.591. The van der Waals surface area contributed by atoms with E-state index in [0.717, 1.165) is 44.5 Å². The van der Waals surface area contributed by atoms with Crippen LogP contribution in [-0.4, -0.2) is 39.3 Å². The topological polar surface area (TPSA) is 110 Å². The van der Waals surface area contributed by atoms with Gasteiger partial charge in [-0.05, 0) is 54.0 Å². The van der Waals surface area contributed by atoms with Crippen molar-refractivity contribution in [2.45, 2.75) is 32.7 Å². The van der Waals surface area contributed by atoms with Crippen molar-refractivity contribution >= 4 is 11.3 Å². The number of anilines is 1. The molecule has 4 N–H and O–H groups in total. The predicted octanol–water partition coefficient (Wildman–Crippen LogP) is 2.99. The van der Waals surface area contributed by atoms with Gasteiger partial charge in [-0.25, -0.2) is 9.67 Å². The average Bonchev–Trinajstić information content (AvgIpc) is 3.40. The van der Waals surface area contributed by atoms with Gasteiger partial charge in [0.25, 0.3) is 0 Å². The Morgan fingerprint density at radius 2 is 2.09 bits per heavy atom. The molecule has 0 unspecified atom stereocenters. The van der Waals surface area contributed by atoms with Crippen molar-refractivity contribution in [3.63, 3.8) is 0 Å². The zero-order valence-electron chi connectivity index (χ0n) is 18.5. The Labute approximate surface area is 189 Å². The molecule has 0 atom stereocenters. The molecule has 4 rings (SSSR count). The summed E-state index contributed by atoms with van der Waals surface area (Å²) in [4.78, 5) is 6.64. The number of rotatable bonds is 8. The van der Waals surface area contributed by atoms with Crippen LogP contribution in [0.25, 0.3) is 11.4 Å². The fourth-order valence-electron chi connectivity index (χ4n) is 4.37. The van der Waals surface area contributed by atoms with E-state index in [0.29, 0.717) is 23.6 Å². The highest BCUT2D eigenvalue weighted by atomic mass is 15.3. The maximum absolute atomic E-state index is 9.03. The molecule has 7 nitrogen and oxygen atoms in total. The molecule has 0 saturated heterocycles. The first kappa shape index (κ1) is 21.8. The number of hydrogen-bond donors (Lipinski definition) is 2. The molecule has 0 spiro atoms. The molecule has 0 aliphatic heterocycles. The zero-order valence-corrected chi connectivity index (χ0v) is 18.5. The van der Waals surface area contributed by atoms with Gasteiger partial charge in [0, 0.05) is 50.2 Å². The summed E-state index contributed by atoms with van der Waals surface area (Å²) in [6.07, 6.45) is 8.42. The number of nitriles is 1. The molecule has 0 bridgehead atoms. The van der Waals surface area contributed by atoms with Crippen LogP contribution in [0.2, 0.25) is 0 Å². The molecule has 164 valence electrons. The van der Waals surface area contributed by atoms with Gasteiger partial charge in [-0.2, -0.15) is 10.4 Å². The number of aromatic nitrogens is 3. The molecule has 2 heterocycles. The Morgan fingerprint density at radius 3 is 2.84 bits per heavy atom. The number of nitrogen functional groups attached to an aromatic ring is 1.